The molecule has 0 fully saturated rings. The highest BCUT2D eigenvalue weighted by Gasteiger charge is 2.29. The summed E-state index contributed by atoms with van der Waals surface area (Å²) in [6.45, 7) is 0. The molecule has 0 aliphatic rings. The number of aliphatic hydroxyl groups excluding tert-OH is 1. The number of alkyl halides is 3. The Morgan fingerprint density at radius 3 is 2.25 bits per heavy atom. The molecule has 0 radical (unpaired) electrons. The third-order valence-electron chi connectivity index (χ3n) is 2.80. The van der Waals surface area contributed by atoms with Crippen molar-refractivity contribution in [1.29, 1.82) is 0 Å². The van der Waals surface area contributed by atoms with Crippen LogP contribution in [0.15, 0.2) is 47.1 Å². The minimum absolute atomic E-state index is 0.215. The number of nitrogens with zero attached hydrogens (tertiary/aromatic N) is 1. The molecule has 2 aromatic rings. The number of aliphatic hydroxyl groups is 1. The number of aromatic nitrogens is 1. The van der Waals surface area contributed by atoms with Crippen LogP contribution in [0.3, 0.4) is 0 Å². The van der Waals surface area contributed by atoms with Gasteiger partial charge in [0.15, 0.2) is 0 Å². The van der Waals surface area contributed by atoms with E-state index in [1.807, 2.05) is 0 Å². The van der Waals surface area contributed by atoms with Crippen LogP contribution in [0.25, 0.3) is 0 Å². The Hall–Kier alpha value is -1.40. The molecular formula is C14H11BrF3NO. The predicted octanol–water partition coefficient (Wildman–Crippen LogP) is 4.14. The van der Waals surface area contributed by atoms with E-state index in [1.54, 1.807) is 18.3 Å². The molecule has 0 spiro atoms. The number of benzene rings is 1. The maximum Gasteiger partial charge on any atom is 0.416 e. The van der Waals surface area contributed by atoms with E-state index in [9.17, 15) is 18.3 Å². The molecule has 1 N–H and O–H groups in total. The average molecular weight is 346 g/mol. The predicted molar refractivity (Wildman–Crippen MR) is 72.0 cm³/mol. The Labute approximate surface area is 122 Å². The summed E-state index contributed by atoms with van der Waals surface area (Å²) >= 11 is 3.24. The van der Waals surface area contributed by atoms with Crippen molar-refractivity contribution in [3.05, 3.63) is 63.9 Å². The molecule has 0 saturated carbocycles. The topological polar surface area (TPSA) is 33.1 Å². The fraction of sp³-hybridized carbons (Fsp3) is 0.214. The second kappa shape index (κ2) is 5.93. The fourth-order valence-corrected chi connectivity index (χ4v) is 1.98. The lowest BCUT2D eigenvalue weighted by Gasteiger charge is -2.11. The maximum absolute atomic E-state index is 12.4. The van der Waals surface area contributed by atoms with Crippen LogP contribution >= 0.6 is 15.9 Å². The molecule has 106 valence electrons. The fourth-order valence-electron chi connectivity index (χ4n) is 1.74. The zero-order valence-corrected chi connectivity index (χ0v) is 11.8. The third-order valence-corrected chi connectivity index (χ3v) is 3.27. The molecule has 1 atom stereocenters. The maximum atomic E-state index is 12.4. The summed E-state index contributed by atoms with van der Waals surface area (Å²) < 4.78 is 38.1. The lowest BCUT2D eigenvalue weighted by atomic mass is 10.0. The first-order valence-corrected chi connectivity index (χ1v) is 6.61. The molecule has 2 nitrogen and oxygen atoms in total. The van der Waals surface area contributed by atoms with Gasteiger partial charge in [-0.3, -0.25) is 4.98 Å². The lowest BCUT2D eigenvalue weighted by Crippen LogP contribution is -2.06. The molecule has 0 amide bonds. The molecule has 2 rings (SSSR count). The molecular weight excluding hydrogens is 335 g/mol. The van der Waals surface area contributed by atoms with E-state index < -0.39 is 17.8 Å². The average Bonchev–Trinajstić information content (AvgIpc) is 2.39. The Balaban J connectivity index is 2.08. The van der Waals surface area contributed by atoms with E-state index in [-0.39, 0.29) is 6.42 Å². The summed E-state index contributed by atoms with van der Waals surface area (Å²) in [7, 11) is 0. The molecule has 0 bridgehead atoms. The Bertz CT molecular complexity index is 566. The van der Waals surface area contributed by atoms with Gasteiger partial charge in [0.2, 0.25) is 0 Å². The van der Waals surface area contributed by atoms with Crippen molar-refractivity contribution < 1.29 is 18.3 Å². The number of rotatable bonds is 3. The van der Waals surface area contributed by atoms with Gasteiger partial charge in [0, 0.05) is 17.1 Å². The van der Waals surface area contributed by atoms with E-state index in [0.717, 1.165) is 16.6 Å². The molecule has 0 saturated heterocycles. The molecule has 1 unspecified atom stereocenters. The van der Waals surface area contributed by atoms with E-state index in [4.69, 9.17) is 0 Å². The van der Waals surface area contributed by atoms with Crippen molar-refractivity contribution in [1.82, 2.24) is 4.98 Å². The first-order chi connectivity index (χ1) is 9.36. The van der Waals surface area contributed by atoms with Crippen LogP contribution in [-0.4, -0.2) is 10.1 Å². The normalized spacial score (nSPS) is 13.2. The summed E-state index contributed by atoms with van der Waals surface area (Å²) in [5.74, 6) is 0. The summed E-state index contributed by atoms with van der Waals surface area (Å²) in [5.41, 5.74) is 0.404. The van der Waals surface area contributed by atoms with Gasteiger partial charge in [-0.1, -0.05) is 12.1 Å². The highest BCUT2D eigenvalue weighted by molar-refractivity contribution is 9.10. The molecule has 0 aliphatic heterocycles. The van der Waals surface area contributed by atoms with Crippen LogP contribution in [0, 0.1) is 0 Å². The molecule has 6 heteroatoms. The highest BCUT2D eigenvalue weighted by Crippen LogP contribution is 2.29. The zero-order valence-electron chi connectivity index (χ0n) is 10.2. The second-order valence-electron chi connectivity index (χ2n) is 4.32. The quantitative estimate of drug-likeness (QED) is 0.906. The van der Waals surface area contributed by atoms with Gasteiger partial charge in [-0.25, -0.2) is 0 Å². The Morgan fingerprint density at radius 1 is 1.10 bits per heavy atom. The second-order valence-corrected chi connectivity index (χ2v) is 5.23. The van der Waals surface area contributed by atoms with Crippen molar-refractivity contribution in [2.24, 2.45) is 0 Å². The van der Waals surface area contributed by atoms with Gasteiger partial charge in [-0.2, -0.15) is 13.2 Å². The van der Waals surface area contributed by atoms with Gasteiger partial charge >= 0.3 is 6.18 Å². The van der Waals surface area contributed by atoms with Crippen molar-refractivity contribution >= 4 is 15.9 Å². The van der Waals surface area contributed by atoms with Crippen LogP contribution < -0.4 is 0 Å². The molecule has 0 aliphatic carbocycles. The first-order valence-electron chi connectivity index (χ1n) is 5.82. The van der Waals surface area contributed by atoms with Crippen LogP contribution in [0.2, 0.25) is 0 Å². The van der Waals surface area contributed by atoms with Gasteiger partial charge < -0.3 is 5.11 Å². The highest BCUT2D eigenvalue weighted by atomic mass is 79.9. The zero-order chi connectivity index (χ0) is 14.8. The number of hydrogen-bond acceptors (Lipinski definition) is 2. The van der Waals surface area contributed by atoms with Crippen molar-refractivity contribution in [2.75, 3.05) is 0 Å². The SMILES string of the molecule is OC(Cc1ccc(C(F)(F)F)cc1)c1ccc(Br)cn1. The van der Waals surface area contributed by atoms with Crippen molar-refractivity contribution in [3.63, 3.8) is 0 Å². The van der Waals surface area contributed by atoms with Gasteiger partial charge in [0.25, 0.3) is 0 Å². The summed E-state index contributed by atoms with van der Waals surface area (Å²) in [6, 6.07) is 8.17. The van der Waals surface area contributed by atoms with Crippen LogP contribution in [0.5, 0.6) is 0 Å². The van der Waals surface area contributed by atoms with Gasteiger partial charge in [-0.05, 0) is 45.8 Å². The van der Waals surface area contributed by atoms with Gasteiger partial charge in [-0.15, -0.1) is 0 Å². The molecule has 20 heavy (non-hydrogen) atoms. The van der Waals surface area contributed by atoms with E-state index in [1.165, 1.54) is 12.1 Å². The molecule has 1 aromatic heterocycles. The lowest BCUT2D eigenvalue weighted by molar-refractivity contribution is -0.137. The first kappa shape index (κ1) is 15.0. The van der Waals surface area contributed by atoms with Gasteiger partial charge in [0.05, 0.1) is 17.4 Å². The Kier molecular flexibility index (Phi) is 4.45. The summed E-state index contributed by atoms with van der Waals surface area (Å²) in [5, 5.41) is 9.99. The van der Waals surface area contributed by atoms with Crippen molar-refractivity contribution in [2.45, 2.75) is 18.7 Å². The standard InChI is InChI=1S/C14H11BrF3NO/c15-11-5-6-12(19-8-11)13(20)7-9-1-3-10(4-2-9)14(16,17)18/h1-6,8,13,20H,7H2. The largest absolute Gasteiger partial charge is 0.416 e. The van der Waals surface area contributed by atoms with Crippen LogP contribution in [0.1, 0.15) is 22.9 Å². The molecule has 1 heterocycles. The van der Waals surface area contributed by atoms with Crippen molar-refractivity contribution in [3.8, 4) is 0 Å². The minimum Gasteiger partial charge on any atom is -0.386 e. The van der Waals surface area contributed by atoms with Crippen LogP contribution in [-0.2, 0) is 12.6 Å². The Morgan fingerprint density at radius 2 is 1.75 bits per heavy atom. The van der Waals surface area contributed by atoms with E-state index in [2.05, 4.69) is 20.9 Å². The van der Waals surface area contributed by atoms with Gasteiger partial charge in [0.1, 0.15) is 0 Å². The summed E-state index contributed by atoms with van der Waals surface area (Å²) in [4.78, 5) is 4.05. The van der Waals surface area contributed by atoms with Crippen LogP contribution in [0.4, 0.5) is 13.2 Å². The third kappa shape index (κ3) is 3.80. The number of hydrogen-bond donors (Lipinski definition) is 1. The van der Waals surface area contributed by atoms with E-state index >= 15 is 0 Å². The monoisotopic (exact) mass is 345 g/mol. The molecule has 1 aromatic carbocycles. The summed E-state index contributed by atoms with van der Waals surface area (Å²) in [6.07, 6.45) is -3.41. The number of pyridine rings is 1. The smallest absolute Gasteiger partial charge is 0.386 e. The minimum atomic E-state index is -4.34. The number of halogens is 4. The van der Waals surface area contributed by atoms with E-state index in [0.29, 0.717) is 11.3 Å².